The number of thiazole rings is 1. The first-order valence-corrected chi connectivity index (χ1v) is 9.19. The Morgan fingerprint density at radius 3 is 2.70 bits per heavy atom. The number of benzene rings is 2. The summed E-state index contributed by atoms with van der Waals surface area (Å²) in [6, 6.07) is 11.4. The zero-order valence-corrected chi connectivity index (χ0v) is 15.8. The molecular formula is C20H19FN2O3S. The first-order valence-electron chi connectivity index (χ1n) is 8.31. The van der Waals surface area contributed by atoms with Crippen LogP contribution in [-0.4, -0.2) is 31.7 Å². The Labute approximate surface area is 160 Å². The average molecular weight is 386 g/mol. The van der Waals surface area contributed by atoms with Crippen molar-refractivity contribution in [3.8, 4) is 22.1 Å². The molecule has 0 saturated heterocycles. The van der Waals surface area contributed by atoms with Crippen LogP contribution in [0.2, 0.25) is 0 Å². The Balaban J connectivity index is 1.58. The summed E-state index contributed by atoms with van der Waals surface area (Å²) in [5.74, 6) is 0.591. The van der Waals surface area contributed by atoms with E-state index < -0.39 is 0 Å². The van der Waals surface area contributed by atoms with Crippen LogP contribution in [0.4, 0.5) is 4.39 Å². The average Bonchev–Trinajstić information content (AvgIpc) is 3.16. The highest BCUT2D eigenvalue weighted by atomic mass is 32.1. The molecule has 0 aliphatic carbocycles. The SMILES string of the molecule is COc1ccc(C(=O)NCCc2csc(-c3cccc(F)c3)n2)cc1OC. The molecule has 0 unspecified atom stereocenters. The van der Waals surface area contributed by atoms with E-state index in [2.05, 4.69) is 10.3 Å². The number of carbonyl (C=O) groups is 1. The van der Waals surface area contributed by atoms with E-state index in [0.717, 1.165) is 16.3 Å². The maximum atomic E-state index is 13.3. The van der Waals surface area contributed by atoms with Crippen LogP contribution in [0, 0.1) is 5.82 Å². The summed E-state index contributed by atoms with van der Waals surface area (Å²) < 4.78 is 23.7. The number of rotatable bonds is 7. The van der Waals surface area contributed by atoms with Gasteiger partial charge in [0.2, 0.25) is 0 Å². The van der Waals surface area contributed by atoms with E-state index in [-0.39, 0.29) is 11.7 Å². The molecule has 0 aliphatic heterocycles. The third-order valence-corrected chi connectivity index (χ3v) is 4.88. The fraction of sp³-hybridized carbons (Fsp3) is 0.200. The van der Waals surface area contributed by atoms with Gasteiger partial charge in [-0.1, -0.05) is 12.1 Å². The van der Waals surface area contributed by atoms with Gasteiger partial charge < -0.3 is 14.8 Å². The Hall–Kier alpha value is -2.93. The Bertz CT molecular complexity index is 942. The van der Waals surface area contributed by atoms with Gasteiger partial charge in [-0.05, 0) is 30.3 Å². The molecule has 0 radical (unpaired) electrons. The molecule has 1 heterocycles. The fourth-order valence-electron chi connectivity index (χ4n) is 2.56. The largest absolute Gasteiger partial charge is 0.493 e. The monoisotopic (exact) mass is 386 g/mol. The van der Waals surface area contributed by atoms with Crippen LogP contribution < -0.4 is 14.8 Å². The molecule has 1 aromatic heterocycles. The number of nitrogens with zero attached hydrogens (tertiary/aromatic N) is 1. The van der Waals surface area contributed by atoms with Crippen LogP contribution in [0.1, 0.15) is 16.1 Å². The van der Waals surface area contributed by atoms with Crippen LogP contribution in [-0.2, 0) is 6.42 Å². The first kappa shape index (κ1) is 18.8. The number of nitrogens with one attached hydrogen (secondary N) is 1. The summed E-state index contributed by atoms with van der Waals surface area (Å²) in [4.78, 5) is 16.8. The molecule has 0 bridgehead atoms. The van der Waals surface area contributed by atoms with Crippen molar-refractivity contribution >= 4 is 17.2 Å². The summed E-state index contributed by atoms with van der Waals surface area (Å²) in [5, 5.41) is 5.54. The number of halogens is 1. The minimum Gasteiger partial charge on any atom is -0.493 e. The normalized spacial score (nSPS) is 10.5. The summed E-state index contributed by atoms with van der Waals surface area (Å²) >= 11 is 1.45. The van der Waals surface area contributed by atoms with Gasteiger partial charge >= 0.3 is 0 Å². The van der Waals surface area contributed by atoms with Crippen molar-refractivity contribution in [1.82, 2.24) is 10.3 Å². The third kappa shape index (κ3) is 4.62. The molecule has 0 fully saturated rings. The number of ether oxygens (including phenoxy) is 2. The first-order chi connectivity index (χ1) is 13.1. The number of hydrogen-bond acceptors (Lipinski definition) is 5. The Kier molecular flexibility index (Phi) is 6.03. The minimum absolute atomic E-state index is 0.198. The molecule has 3 rings (SSSR count). The van der Waals surface area contributed by atoms with Crippen molar-refractivity contribution in [1.29, 1.82) is 0 Å². The number of aromatic nitrogens is 1. The number of methoxy groups -OCH3 is 2. The van der Waals surface area contributed by atoms with Crippen molar-refractivity contribution in [2.45, 2.75) is 6.42 Å². The molecule has 0 spiro atoms. The molecule has 2 aromatic carbocycles. The summed E-state index contributed by atoms with van der Waals surface area (Å²) in [6.07, 6.45) is 0.588. The number of carbonyl (C=O) groups excluding carboxylic acids is 1. The van der Waals surface area contributed by atoms with Gasteiger partial charge in [-0.2, -0.15) is 0 Å². The molecule has 140 valence electrons. The molecular weight excluding hydrogens is 367 g/mol. The van der Waals surface area contributed by atoms with E-state index in [1.807, 2.05) is 11.4 Å². The lowest BCUT2D eigenvalue weighted by Crippen LogP contribution is -2.25. The zero-order valence-electron chi connectivity index (χ0n) is 15.0. The standard InChI is InChI=1S/C20H19FN2O3S/c1-25-17-7-6-13(11-18(17)26-2)19(24)22-9-8-16-12-27-20(23-16)14-4-3-5-15(21)10-14/h3-7,10-12H,8-9H2,1-2H3,(H,22,24). The topological polar surface area (TPSA) is 60.5 Å². The predicted octanol–water partition coefficient (Wildman–Crippen LogP) is 3.94. The highest BCUT2D eigenvalue weighted by Crippen LogP contribution is 2.27. The third-order valence-electron chi connectivity index (χ3n) is 3.94. The summed E-state index contributed by atoms with van der Waals surface area (Å²) in [5.41, 5.74) is 2.10. The maximum absolute atomic E-state index is 13.3. The van der Waals surface area contributed by atoms with E-state index in [9.17, 15) is 9.18 Å². The van der Waals surface area contributed by atoms with Crippen molar-refractivity contribution < 1.29 is 18.7 Å². The van der Waals surface area contributed by atoms with Gasteiger partial charge in [-0.3, -0.25) is 4.79 Å². The highest BCUT2D eigenvalue weighted by molar-refractivity contribution is 7.13. The number of amides is 1. The van der Waals surface area contributed by atoms with Gasteiger partial charge in [0, 0.05) is 29.5 Å². The van der Waals surface area contributed by atoms with Crippen LogP contribution in [0.5, 0.6) is 11.5 Å². The van der Waals surface area contributed by atoms with Crippen LogP contribution in [0.15, 0.2) is 47.8 Å². The van der Waals surface area contributed by atoms with Gasteiger partial charge in [0.15, 0.2) is 11.5 Å². The second-order valence-corrected chi connectivity index (χ2v) is 6.59. The van der Waals surface area contributed by atoms with Crippen LogP contribution in [0.25, 0.3) is 10.6 Å². The van der Waals surface area contributed by atoms with E-state index in [0.29, 0.717) is 30.0 Å². The molecule has 1 amide bonds. The van der Waals surface area contributed by atoms with Crippen molar-refractivity contribution in [3.63, 3.8) is 0 Å². The van der Waals surface area contributed by atoms with Gasteiger partial charge in [0.1, 0.15) is 10.8 Å². The summed E-state index contributed by atoms with van der Waals surface area (Å²) in [6.45, 7) is 0.444. The molecule has 1 N–H and O–H groups in total. The van der Waals surface area contributed by atoms with E-state index >= 15 is 0 Å². The molecule has 0 atom stereocenters. The quantitative estimate of drug-likeness (QED) is 0.668. The minimum atomic E-state index is -0.286. The van der Waals surface area contributed by atoms with E-state index in [1.54, 1.807) is 31.4 Å². The lowest BCUT2D eigenvalue weighted by Gasteiger charge is -2.09. The molecule has 5 nitrogen and oxygen atoms in total. The van der Waals surface area contributed by atoms with Gasteiger partial charge in [-0.25, -0.2) is 9.37 Å². The zero-order chi connectivity index (χ0) is 19.2. The highest BCUT2D eigenvalue weighted by Gasteiger charge is 2.11. The molecule has 7 heteroatoms. The molecule has 27 heavy (non-hydrogen) atoms. The smallest absolute Gasteiger partial charge is 0.251 e. The van der Waals surface area contributed by atoms with E-state index in [4.69, 9.17) is 9.47 Å². The van der Waals surface area contributed by atoms with Gasteiger partial charge in [0.25, 0.3) is 5.91 Å². The second kappa shape index (κ2) is 8.64. The fourth-order valence-corrected chi connectivity index (χ4v) is 3.41. The Morgan fingerprint density at radius 1 is 1.15 bits per heavy atom. The van der Waals surface area contributed by atoms with Crippen LogP contribution >= 0.6 is 11.3 Å². The molecule has 0 aliphatic rings. The van der Waals surface area contributed by atoms with Crippen molar-refractivity contribution in [2.75, 3.05) is 20.8 Å². The van der Waals surface area contributed by atoms with E-state index in [1.165, 1.54) is 30.6 Å². The van der Waals surface area contributed by atoms with Crippen molar-refractivity contribution in [2.24, 2.45) is 0 Å². The lowest BCUT2D eigenvalue weighted by molar-refractivity contribution is 0.0953. The summed E-state index contributed by atoms with van der Waals surface area (Å²) in [7, 11) is 3.07. The van der Waals surface area contributed by atoms with Gasteiger partial charge in [0.05, 0.1) is 19.9 Å². The Morgan fingerprint density at radius 2 is 1.96 bits per heavy atom. The van der Waals surface area contributed by atoms with Crippen LogP contribution in [0.3, 0.4) is 0 Å². The predicted molar refractivity (Wildman–Crippen MR) is 103 cm³/mol. The second-order valence-electron chi connectivity index (χ2n) is 5.73. The number of hydrogen-bond donors (Lipinski definition) is 1. The maximum Gasteiger partial charge on any atom is 0.251 e. The lowest BCUT2D eigenvalue weighted by atomic mass is 10.2. The van der Waals surface area contributed by atoms with Gasteiger partial charge in [-0.15, -0.1) is 11.3 Å². The van der Waals surface area contributed by atoms with Crippen molar-refractivity contribution in [3.05, 3.63) is 64.9 Å². The molecule has 3 aromatic rings. The molecule has 0 saturated carbocycles.